The molecule has 2 aromatic rings. The Labute approximate surface area is 129 Å². The van der Waals surface area contributed by atoms with Crippen LogP contribution in [0.25, 0.3) is 0 Å². The fourth-order valence-corrected chi connectivity index (χ4v) is 1.91. The highest BCUT2D eigenvalue weighted by molar-refractivity contribution is 6.30. The normalized spacial score (nSPS) is 10.2. The highest BCUT2D eigenvalue weighted by Gasteiger charge is 2.07. The van der Waals surface area contributed by atoms with E-state index in [9.17, 15) is 4.79 Å². The molecule has 21 heavy (non-hydrogen) atoms. The van der Waals surface area contributed by atoms with Crippen molar-refractivity contribution in [3.05, 3.63) is 64.2 Å². The second kappa shape index (κ2) is 7.14. The molecular formula is C17H17ClO3. The molecule has 0 amide bonds. The Morgan fingerprint density at radius 3 is 2.52 bits per heavy atom. The van der Waals surface area contributed by atoms with Crippen LogP contribution in [0.5, 0.6) is 5.75 Å². The van der Waals surface area contributed by atoms with Gasteiger partial charge in [0.2, 0.25) is 0 Å². The number of halogens is 1. The summed E-state index contributed by atoms with van der Waals surface area (Å²) in [6.45, 7) is 4.03. The van der Waals surface area contributed by atoms with Gasteiger partial charge in [-0.25, -0.2) is 4.79 Å². The first kappa shape index (κ1) is 15.4. The van der Waals surface area contributed by atoms with Crippen molar-refractivity contribution in [3.63, 3.8) is 0 Å². The van der Waals surface area contributed by atoms with Gasteiger partial charge >= 0.3 is 5.97 Å². The van der Waals surface area contributed by atoms with Crippen molar-refractivity contribution in [2.75, 3.05) is 6.61 Å². The molecule has 3 nitrogen and oxygen atoms in total. The van der Waals surface area contributed by atoms with Crippen LogP contribution in [0.15, 0.2) is 42.5 Å². The van der Waals surface area contributed by atoms with Gasteiger partial charge in [-0.15, -0.1) is 0 Å². The zero-order valence-corrected chi connectivity index (χ0v) is 12.8. The number of esters is 1. The average Bonchev–Trinajstić information content (AvgIpc) is 2.47. The molecule has 0 radical (unpaired) electrons. The van der Waals surface area contributed by atoms with Gasteiger partial charge in [-0.2, -0.15) is 0 Å². The lowest BCUT2D eigenvalue weighted by Crippen LogP contribution is -2.15. The smallest absolute Gasteiger partial charge is 0.344 e. The van der Waals surface area contributed by atoms with E-state index in [4.69, 9.17) is 21.1 Å². The minimum absolute atomic E-state index is 0.0993. The fourth-order valence-electron chi connectivity index (χ4n) is 1.79. The lowest BCUT2D eigenvalue weighted by Gasteiger charge is -2.10. The minimum Gasteiger partial charge on any atom is -0.482 e. The molecule has 0 N–H and O–H groups in total. The van der Waals surface area contributed by atoms with Crippen LogP contribution in [-0.2, 0) is 16.1 Å². The van der Waals surface area contributed by atoms with Gasteiger partial charge in [0.05, 0.1) is 0 Å². The maximum Gasteiger partial charge on any atom is 0.344 e. The van der Waals surface area contributed by atoms with Crippen molar-refractivity contribution >= 4 is 17.6 Å². The Morgan fingerprint density at radius 1 is 1.10 bits per heavy atom. The molecule has 0 saturated heterocycles. The van der Waals surface area contributed by atoms with E-state index in [0.29, 0.717) is 10.8 Å². The van der Waals surface area contributed by atoms with Crippen LogP contribution in [-0.4, -0.2) is 12.6 Å². The lowest BCUT2D eigenvalue weighted by atomic mass is 10.1. The SMILES string of the molecule is Cc1ccc(C)c(OCC(=O)OCc2ccc(Cl)cc2)c1. The summed E-state index contributed by atoms with van der Waals surface area (Å²) in [6.07, 6.45) is 0. The quantitative estimate of drug-likeness (QED) is 0.781. The number of hydrogen-bond acceptors (Lipinski definition) is 3. The third-order valence-electron chi connectivity index (χ3n) is 3.00. The first-order valence-electron chi connectivity index (χ1n) is 6.65. The molecule has 0 bridgehead atoms. The van der Waals surface area contributed by atoms with Gasteiger partial charge in [-0.1, -0.05) is 35.9 Å². The van der Waals surface area contributed by atoms with Crippen LogP contribution in [0.2, 0.25) is 5.02 Å². The molecule has 0 unspecified atom stereocenters. The maximum absolute atomic E-state index is 11.7. The molecule has 0 aliphatic heterocycles. The van der Waals surface area contributed by atoms with Crippen LogP contribution in [0.1, 0.15) is 16.7 Å². The molecule has 0 aliphatic rings. The molecule has 0 fully saturated rings. The molecule has 110 valence electrons. The van der Waals surface area contributed by atoms with E-state index in [1.807, 2.05) is 44.2 Å². The lowest BCUT2D eigenvalue weighted by molar-refractivity contribution is -0.147. The molecule has 0 heterocycles. The molecule has 0 saturated carbocycles. The average molecular weight is 305 g/mol. The second-order valence-electron chi connectivity index (χ2n) is 4.84. The molecule has 0 aromatic heterocycles. The van der Waals surface area contributed by atoms with E-state index in [1.165, 1.54) is 0 Å². The summed E-state index contributed by atoms with van der Waals surface area (Å²) >= 11 is 5.79. The zero-order valence-electron chi connectivity index (χ0n) is 12.1. The Bertz CT molecular complexity index is 620. The molecular weight excluding hydrogens is 288 g/mol. The summed E-state index contributed by atoms with van der Waals surface area (Å²) in [5, 5.41) is 0.656. The van der Waals surface area contributed by atoms with Crippen molar-refractivity contribution in [2.24, 2.45) is 0 Å². The van der Waals surface area contributed by atoms with E-state index in [0.717, 1.165) is 16.7 Å². The summed E-state index contributed by atoms with van der Waals surface area (Å²) in [7, 11) is 0. The first-order valence-corrected chi connectivity index (χ1v) is 7.02. The number of hydrogen-bond donors (Lipinski definition) is 0. The summed E-state index contributed by atoms with van der Waals surface area (Å²) in [5.41, 5.74) is 2.97. The highest BCUT2D eigenvalue weighted by Crippen LogP contribution is 2.19. The van der Waals surface area contributed by atoms with Crippen LogP contribution in [0, 0.1) is 13.8 Å². The summed E-state index contributed by atoms with van der Waals surface area (Å²) in [6, 6.07) is 13.0. The third-order valence-corrected chi connectivity index (χ3v) is 3.25. The van der Waals surface area contributed by atoms with Crippen molar-refractivity contribution in [3.8, 4) is 5.75 Å². The number of ether oxygens (including phenoxy) is 2. The fraction of sp³-hybridized carbons (Fsp3) is 0.235. The van der Waals surface area contributed by atoms with Crippen molar-refractivity contribution in [1.29, 1.82) is 0 Å². The number of aryl methyl sites for hydroxylation is 2. The van der Waals surface area contributed by atoms with E-state index in [-0.39, 0.29) is 13.2 Å². The van der Waals surface area contributed by atoms with Crippen molar-refractivity contribution in [2.45, 2.75) is 20.5 Å². The van der Waals surface area contributed by atoms with E-state index in [2.05, 4.69) is 0 Å². The van der Waals surface area contributed by atoms with Gasteiger partial charge in [0.25, 0.3) is 0 Å². The number of benzene rings is 2. The number of carbonyl (C=O) groups is 1. The van der Waals surface area contributed by atoms with E-state index >= 15 is 0 Å². The van der Waals surface area contributed by atoms with Crippen LogP contribution < -0.4 is 4.74 Å². The Hall–Kier alpha value is -2.00. The number of rotatable bonds is 5. The maximum atomic E-state index is 11.7. The third kappa shape index (κ3) is 4.80. The second-order valence-corrected chi connectivity index (χ2v) is 5.28. The minimum atomic E-state index is -0.397. The van der Waals surface area contributed by atoms with Crippen LogP contribution in [0.4, 0.5) is 0 Å². The van der Waals surface area contributed by atoms with E-state index in [1.54, 1.807) is 12.1 Å². The molecule has 0 aliphatic carbocycles. The zero-order chi connectivity index (χ0) is 15.2. The number of carbonyl (C=O) groups excluding carboxylic acids is 1. The Morgan fingerprint density at radius 2 is 1.81 bits per heavy atom. The van der Waals surface area contributed by atoms with E-state index < -0.39 is 5.97 Å². The summed E-state index contributed by atoms with van der Waals surface area (Å²) < 4.78 is 10.6. The largest absolute Gasteiger partial charge is 0.482 e. The predicted molar refractivity (Wildman–Crippen MR) is 82.7 cm³/mol. The summed E-state index contributed by atoms with van der Waals surface area (Å²) in [5.74, 6) is 0.310. The van der Waals surface area contributed by atoms with Gasteiger partial charge in [0.15, 0.2) is 6.61 Å². The predicted octanol–water partition coefficient (Wildman–Crippen LogP) is 4.08. The molecule has 2 aromatic carbocycles. The Kier molecular flexibility index (Phi) is 5.23. The molecule has 0 spiro atoms. The van der Waals surface area contributed by atoms with Crippen LogP contribution >= 0.6 is 11.6 Å². The van der Waals surface area contributed by atoms with Gasteiger partial charge < -0.3 is 9.47 Å². The van der Waals surface area contributed by atoms with Gasteiger partial charge in [-0.05, 0) is 48.7 Å². The van der Waals surface area contributed by atoms with Crippen molar-refractivity contribution in [1.82, 2.24) is 0 Å². The van der Waals surface area contributed by atoms with Gasteiger partial charge in [-0.3, -0.25) is 0 Å². The summed E-state index contributed by atoms with van der Waals surface area (Å²) in [4.78, 5) is 11.7. The van der Waals surface area contributed by atoms with Gasteiger partial charge in [0, 0.05) is 5.02 Å². The standard InChI is InChI=1S/C17H17ClO3/c1-12-3-4-13(2)16(9-12)20-11-17(19)21-10-14-5-7-15(18)8-6-14/h3-9H,10-11H2,1-2H3. The first-order chi connectivity index (χ1) is 10.0. The van der Waals surface area contributed by atoms with Gasteiger partial charge in [0.1, 0.15) is 12.4 Å². The molecule has 4 heteroatoms. The molecule has 0 atom stereocenters. The highest BCUT2D eigenvalue weighted by atomic mass is 35.5. The van der Waals surface area contributed by atoms with Crippen LogP contribution in [0.3, 0.4) is 0 Å². The monoisotopic (exact) mass is 304 g/mol. The molecule has 2 rings (SSSR count). The van der Waals surface area contributed by atoms with Crippen molar-refractivity contribution < 1.29 is 14.3 Å². The topological polar surface area (TPSA) is 35.5 Å². The Balaban J connectivity index is 1.82.